The Kier molecular flexibility index (Phi) is 6.96. The van der Waals surface area contributed by atoms with Crippen molar-refractivity contribution in [1.82, 2.24) is 9.80 Å². The zero-order chi connectivity index (χ0) is 21.1. The van der Waals surface area contributed by atoms with E-state index in [1.165, 1.54) is 0 Å². The number of hydrogen-bond acceptors (Lipinski definition) is 4. The lowest BCUT2D eigenvalue weighted by atomic mass is 9.96. The Morgan fingerprint density at radius 2 is 2.00 bits per heavy atom. The molecule has 0 aliphatic carbocycles. The molecule has 2 rings (SSSR count). The lowest BCUT2D eigenvalue weighted by molar-refractivity contribution is 0.0124. The summed E-state index contributed by atoms with van der Waals surface area (Å²) in [5, 5.41) is 10.1. The summed E-state index contributed by atoms with van der Waals surface area (Å²) in [7, 11) is 0. The summed E-state index contributed by atoms with van der Waals surface area (Å²) < 4.78 is 5.55. The molecular formula is C22H34N2O4. The first-order valence-corrected chi connectivity index (χ1v) is 10.1. The number of likely N-dealkylation sites (tertiary alicyclic amines) is 1. The highest BCUT2D eigenvalue weighted by Gasteiger charge is 2.31. The van der Waals surface area contributed by atoms with E-state index in [0.717, 1.165) is 18.4 Å². The van der Waals surface area contributed by atoms with Gasteiger partial charge in [0.2, 0.25) is 0 Å². The highest BCUT2D eigenvalue weighted by Crippen LogP contribution is 2.25. The Labute approximate surface area is 168 Å². The number of benzene rings is 1. The Morgan fingerprint density at radius 3 is 2.57 bits per heavy atom. The van der Waals surface area contributed by atoms with E-state index in [1.54, 1.807) is 21.9 Å². The average molecular weight is 391 g/mol. The van der Waals surface area contributed by atoms with Crippen molar-refractivity contribution >= 4 is 12.0 Å². The number of aryl methyl sites for hydroxylation is 1. The second-order valence-electron chi connectivity index (χ2n) is 9.01. The molecule has 1 unspecified atom stereocenters. The van der Waals surface area contributed by atoms with E-state index in [9.17, 15) is 14.7 Å². The zero-order valence-corrected chi connectivity index (χ0v) is 18.0. The Morgan fingerprint density at radius 1 is 1.32 bits per heavy atom. The third-order valence-electron chi connectivity index (χ3n) is 4.90. The maximum absolute atomic E-state index is 12.9. The smallest absolute Gasteiger partial charge is 0.410 e. The molecule has 0 spiro atoms. The zero-order valence-electron chi connectivity index (χ0n) is 18.0. The fourth-order valence-corrected chi connectivity index (χ4v) is 3.49. The molecule has 6 heteroatoms. The molecule has 0 saturated carbocycles. The molecule has 0 radical (unpaired) electrons. The van der Waals surface area contributed by atoms with E-state index >= 15 is 0 Å². The highest BCUT2D eigenvalue weighted by atomic mass is 16.6. The van der Waals surface area contributed by atoms with Crippen molar-refractivity contribution in [2.45, 2.75) is 66.0 Å². The van der Waals surface area contributed by atoms with E-state index in [0.29, 0.717) is 25.2 Å². The summed E-state index contributed by atoms with van der Waals surface area (Å²) >= 11 is 0. The third kappa shape index (κ3) is 5.88. The summed E-state index contributed by atoms with van der Waals surface area (Å²) in [5.41, 5.74) is 0.705. The number of phenols is 1. The van der Waals surface area contributed by atoms with Crippen molar-refractivity contribution in [3.63, 3.8) is 0 Å². The van der Waals surface area contributed by atoms with Gasteiger partial charge < -0.3 is 19.6 Å². The lowest BCUT2D eigenvalue weighted by Crippen LogP contribution is -2.48. The van der Waals surface area contributed by atoms with Crippen LogP contribution in [0.5, 0.6) is 5.75 Å². The monoisotopic (exact) mass is 390 g/mol. The molecule has 2 amide bonds. The van der Waals surface area contributed by atoms with Crippen LogP contribution in [0.3, 0.4) is 0 Å². The molecule has 28 heavy (non-hydrogen) atoms. The topological polar surface area (TPSA) is 70.1 Å². The molecule has 1 aromatic rings. The van der Waals surface area contributed by atoms with Gasteiger partial charge in [0, 0.05) is 25.7 Å². The molecule has 156 valence electrons. The van der Waals surface area contributed by atoms with Gasteiger partial charge in [0.15, 0.2) is 0 Å². The number of hydrogen-bond donors (Lipinski definition) is 1. The van der Waals surface area contributed by atoms with Crippen molar-refractivity contribution in [3.8, 4) is 5.75 Å². The van der Waals surface area contributed by atoms with Crippen molar-refractivity contribution in [1.29, 1.82) is 0 Å². The standard InChI is InChI=1S/C22H34N2O4/c1-15(2)24(21(27)28-22(4,5)6)14-17-8-7-11-23(13-17)20(26)18-10-9-16(3)12-19(18)25/h9-10,12,15,17,25H,7-8,11,13-14H2,1-6H3. The van der Waals surface area contributed by atoms with Gasteiger partial charge in [-0.2, -0.15) is 0 Å². The summed E-state index contributed by atoms with van der Waals surface area (Å²) in [6.07, 6.45) is 1.51. The molecule has 1 atom stereocenters. The molecule has 1 aliphatic rings. The number of nitrogens with zero attached hydrogens (tertiary/aromatic N) is 2. The second-order valence-corrected chi connectivity index (χ2v) is 9.01. The molecule has 0 bridgehead atoms. The number of carbonyl (C=O) groups excluding carboxylic acids is 2. The normalized spacial score (nSPS) is 17.5. The molecule has 1 aliphatic heterocycles. The maximum Gasteiger partial charge on any atom is 0.410 e. The SMILES string of the molecule is Cc1ccc(C(=O)N2CCCC(CN(C(=O)OC(C)(C)C)C(C)C)C2)c(O)c1. The summed E-state index contributed by atoms with van der Waals surface area (Å²) in [6, 6.07) is 5.13. The summed E-state index contributed by atoms with van der Waals surface area (Å²) in [5.74, 6) is 0.0421. The van der Waals surface area contributed by atoms with Crippen LogP contribution in [0.4, 0.5) is 4.79 Å². The molecule has 6 nitrogen and oxygen atoms in total. The van der Waals surface area contributed by atoms with Crippen molar-refractivity contribution in [2.75, 3.05) is 19.6 Å². The fourth-order valence-electron chi connectivity index (χ4n) is 3.49. The first-order valence-electron chi connectivity index (χ1n) is 10.1. The van der Waals surface area contributed by atoms with E-state index in [1.807, 2.05) is 47.6 Å². The van der Waals surface area contributed by atoms with Crippen molar-refractivity contribution in [3.05, 3.63) is 29.3 Å². The average Bonchev–Trinajstić information content (AvgIpc) is 2.57. The predicted octanol–water partition coefficient (Wildman–Crippen LogP) is 4.20. The fraction of sp³-hybridized carbons (Fsp3) is 0.636. The summed E-state index contributed by atoms with van der Waals surface area (Å²) in [4.78, 5) is 29.0. The number of rotatable bonds is 4. The Bertz CT molecular complexity index is 709. The van der Waals surface area contributed by atoms with Gasteiger partial charge in [0.25, 0.3) is 5.91 Å². The highest BCUT2D eigenvalue weighted by molar-refractivity contribution is 5.97. The minimum Gasteiger partial charge on any atom is -0.507 e. The number of carbonyl (C=O) groups is 2. The van der Waals surface area contributed by atoms with Crippen LogP contribution in [0.2, 0.25) is 0 Å². The first kappa shape index (κ1) is 22.1. The minimum atomic E-state index is -0.540. The van der Waals surface area contributed by atoms with Crippen LogP contribution in [-0.2, 0) is 4.74 Å². The van der Waals surface area contributed by atoms with Gasteiger partial charge in [-0.3, -0.25) is 4.79 Å². The van der Waals surface area contributed by atoms with Gasteiger partial charge in [-0.15, -0.1) is 0 Å². The molecule has 1 fully saturated rings. The van der Waals surface area contributed by atoms with Gasteiger partial charge in [0.05, 0.1) is 5.56 Å². The van der Waals surface area contributed by atoms with Gasteiger partial charge in [-0.05, 0) is 78.0 Å². The molecule has 1 heterocycles. The number of phenolic OH excluding ortho intramolecular Hbond substituents is 1. The van der Waals surface area contributed by atoms with Crippen molar-refractivity contribution in [2.24, 2.45) is 5.92 Å². The number of ether oxygens (including phenoxy) is 1. The molecule has 1 aromatic carbocycles. The Balaban J connectivity index is 2.06. The molecule has 0 aromatic heterocycles. The van der Waals surface area contributed by atoms with Gasteiger partial charge in [-0.25, -0.2) is 4.79 Å². The number of aromatic hydroxyl groups is 1. The van der Waals surface area contributed by atoms with E-state index < -0.39 is 5.60 Å². The van der Waals surface area contributed by atoms with Crippen LogP contribution < -0.4 is 0 Å². The molecule has 1 saturated heterocycles. The molecular weight excluding hydrogens is 356 g/mol. The van der Waals surface area contributed by atoms with Crippen LogP contribution in [0.25, 0.3) is 0 Å². The van der Waals surface area contributed by atoms with Crippen LogP contribution in [0.15, 0.2) is 18.2 Å². The predicted molar refractivity (Wildman–Crippen MR) is 110 cm³/mol. The van der Waals surface area contributed by atoms with E-state index in [2.05, 4.69) is 0 Å². The van der Waals surface area contributed by atoms with Crippen LogP contribution >= 0.6 is 0 Å². The van der Waals surface area contributed by atoms with E-state index in [4.69, 9.17) is 4.74 Å². The lowest BCUT2D eigenvalue weighted by Gasteiger charge is -2.37. The largest absolute Gasteiger partial charge is 0.507 e. The third-order valence-corrected chi connectivity index (χ3v) is 4.90. The summed E-state index contributed by atoms with van der Waals surface area (Å²) in [6.45, 7) is 13.2. The Hall–Kier alpha value is -2.24. The second kappa shape index (κ2) is 8.84. The number of piperidine rings is 1. The van der Waals surface area contributed by atoms with Gasteiger partial charge in [-0.1, -0.05) is 6.07 Å². The quantitative estimate of drug-likeness (QED) is 0.836. The van der Waals surface area contributed by atoms with Crippen LogP contribution in [0, 0.1) is 12.8 Å². The minimum absolute atomic E-state index is 0.0158. The van der Waals surface area contributed by atoms with Gasteiger partial charge >= 0.3 is 6.09 Å². The maximum atomic E-state index is 12.9. The van der Waals surface area contributed by atoms with Gasteiger partial charge in [0.1, 0.15) is 11.4 Å². The number of amides is 2. The van der Waals surface area contributed by atoms with E-state index in [-0.39, 0.29) is 29.7 Å². The first-order chi connectivity index (χ1) is 13.0. The van der Waals surface area contributed by atoms with Crippen LogP contribution in [0.1, 0.15) is 63.4 Å². The van der Waals surface area contributed by atoms with Crippen LogP contribution in [-0.4, -0.2) is 58.2 Å². The molecule has 1 N–H and O–H groups in total. The van der Waals surface area contributed by atoms with Crippen molar-refractivity contribution < 1.29 is 19.4 Å².